The van der Waals surface area contributed by atoms with Crippen LogP contribution in [0.15, 0.2) is 23.8 Å². The van der Waals surface area contributed by atoms with Gasteiger partial charge < -0.3 is 5.11 Å². The molecule has 1 N–H and O–H groups in total. The highest BCUT2D eigenvalue weighted by Gasteiger charge is 2.74. The molecule has 3 nitrogen and oxygen atoms in total. The fourth-order valence-corrected chi connectivity index (χ4v) is 9.21. The average Bonchev–Trinajstić information content (AvgIpc) is 3.11. The van der Waals surface area contributed by atoms with E-state index in [1.807, 2.05) is 0 Å². The van der Waals surface area contributed by atoms with Crippen molar-refractivity contribution in [3.05, 3.63) is 23.8 Å². The molecular formula is C29H46O3. The number of rotatable bonds is 4. The van der Waals surface area contributed by atoms with Crippen molar-refractivity contribution in [1.82, 2.24) is 0 Å². The van der Waals surface area contributed by atoms with Crippen molar-refractivity contribution in [2.45, 2.75) is 111 Å². The first-order valence-electron chi connectivity index (χ1n) is 13.4. The van der Waals surface area contributed by atoms with Gasteiger partial charge in [-0.25, -0.2) is 9.78 Å². The molecule has 6 rings (SSSR count). The van der Waals surface area contributed by atoms with E-state index in [0.717, 1.165) is 12.8 Å². The number of hydrogen-bond acceptors (Lipinski definition) is 3. The van der Waals surface area contributed by atoms with Crippen molar-refractivity contribution in [2.24, 2.45) is 46.3 Å². The molecule has 0 amide bonds. The standard InChI is InChI=1S/C29H46O3/c1-18(2)21(5)19(3)16-20(4)23-8-9-24-26(23,6)12-11-25-27(7)13-10-22(30)17-28(27)14-15-29(24,25)32-31-28/h14-16,18,20-25,30H,8-13,17H2,1-7H3/b19-16+/t20-,21-,22+,23?,24?,25?,26-,27-,28-,29+/m1/s1. The van der Waals surface area contributed by atoms with Crippen LogP contribution in [0.2, 0.25) is 0 Å². The fraction of sp³-hybridized carbons (Fsp3) is 0.862. The van der Waals surface area contributed by atoms with E-state index in [4.69, 9.17) is 9.78 Å². The van der Waals surface area contributed by atoms with E-state index in [-0.39, 0.29) is 22.5 Å². The number of fused-ring (bicyclic) bond motifs is 2. The molecular weight excluding hydrogens is 396 g/mol. The van der Waals surface area contributed by atoms with E-state index >= 15 is 0 Å². The van der Waals surface area contributed by atoms with Gasteiger partial charge in [-0.1, -0.05) is 59.3 Å². The molecule has 4 fully saturated rings. The van der Waals surface area contributed by atoms with Crippen molar-refractivity contribution in [2.75, 3.05) is 0 Å². The molecule has 0 aromatic heterocycles. The van der Waals surface area contributed by atoms with E-state index in [1.165, 1.54) is 25.7 Å². The van der Waals surface area contributed by atoms with Gasteiger partial charge in [0, 0.05) is 23.7 Å². The lowest BCUT2D eigenvalue weighted by Gasteiger charge is -2.69. The molecule has 0 aromatic carbocycles. The minimum Gasteiger partial charge on any atom is -0.393 e. The summed E-state index contributed by atoms with van der Waals surface area (Å²) in [5.74, 6) is 3.62. The molecule has 10 atom stereocenters. The highest BCUT2D eigenvalue weighted by molar-refractivity contribution is 5.33. The first-order chi connectivity index (χ1) is 15.0. The molecule has 0 aromatic rings. The fourth-order valence-electron chi connectivity index (χ4n) is 9.21. The summed E-state index contributed by atoms with van der Waals surface area (Å²) in [5, 5.41) is 10.4. The molecule has 32 heavy (non-hydrogen) atoms. The summed E-state index contributed by atoms with van der Waals surface area (Å²) in [6.45, 7) is 16.8. The van der Waals surface area contributed by atoms with Gasteiger partial charge in [0.25, 0.3) is 0 Å². The number of hydrogen-bond donors (Lipinski definition) is 1. The highest BCUT2D eigenvalue weighted by atomic mass is 17.2. The normalized spacial score (nSPS) is 51.8. The van der Waals surface area contributed by atoms with E-state index in [9.17, 15) is 5.11 Å². The lowest BCUT2D eigenvalue weighted by atomic mass is 9.43. The Bertz CT molecular complexity index is 815. The van der Waals surface area contributed by atoms with Crippen LogP contribution >= 0.6 is 0 Å². The van der Waals surface area contributed by atoms with Crippen LogP contribution in [0.3, 0.4) is 0 Å². The number of aliphatic hydroxyl groups is 1. The van der Waals surface area contributed by atoms with Gasteiger partial charge in [0.15, 0.2) is 0 Å². The third-order valence-electron chi connectivity index (χ3n) is 11.6. The Morgan fingerprint density at radius 1 is 0.969 bits per heavy atom. The lowest BCUT2D eigenvalue weighted by molar-refractivity contribution is -0.497. The minimum absolute atomic E-state index is 0.0629. The zero-order chi connectivity index (χ0) is 23.1. The van der Waals surface area contributed by atoms with Crippen LogP contribution in [0.4, 0.5) is 0 Å². The molecule has 3 saturated carbocycles. The van der Waals surface area contributed by atoms with Crippen molar-refractivity contribution in [3.8, 4) is 0 Å². The first-order valence-corrected chi connectivity index (χ1v) is 13.4. The molecule has 180 valence electrons. The molecule has 2 aliphatic heterocycles. The average molecular weight is 443 g/mol. The van der Waals surface area contributed by atoms with Gasteiger partial charge in [0.05, 0.1) is 6.10 Å². The van der Waals surface area contributed by atoms with Crippen LogP contribution in [0.5, 0.6) is 0 Å². The Kier molecular flexibility index (Phi) is 5.37. The smallest absolute Gasteiger partial charge is 0.130 e. The van der Waals surface area contributed by atoms with Crippen LogP contribution in [0.25, 0.3) is 0 Å². The van der Waals surface area contributed by atoms with E-state index < -0.39 is 5.60 Å². The molecule has 2 heterocycles. The summed E-state index contributed by atoms with van der Waals surface area (Å²) in [5.41, 5.74) is 1.17. The van der Waals surface area contributed by atoms with Crippen LogP contribution in [-0.4, -0.2) is 22.4 Å². The maximum absolute atomic E-state index is 10.4. The summed E-state index contributed by atoms with van der Waals surface area (Å²) < 4.78 is 0. The molecule has 3 heteroatoms. The van der Waals surface area contributed by atoms with Crippen molar-refractivity contribution >= 4 is 0 Å². The number of allylic oxidation sites excluding steroid dienone is 2. The maximum Gasteiger partial charge on any atom is 0.130 e. The van der Waals surface area contributed by atoms with Gasteiger partial charge in [0.2, 0.25) is 0 Å². The van der Waals surface area contributed by atoms with Crippen LogP contribution < -0.4 is 0 Å². The zero-order valence-electron chi connectivity index (χ0n) is 21.5. The second kappa shape index (κ2) is 7.43. The second-order valence-electron chi connectivity index (χ2n) is 13.2. The predicted molar refractivity (Wildman–Crippen MR) is 129 cm³/mol. The Labute approximate surface area is 195 Å². The predicted octanol–water partition coefficient (Wildman–Crippen LogP) is 6.86. The van der Waals surface area contributed by atoms with Crippen molar-refractivity contribution in [3.63, 3.8) is 0 Å². The molecule has 2 spiro atoms. The third kappa shape index (κ3) is 2.89. The molecule has 2 bridgehead atoms. The SMILES string of the molecule is C/C(=C\[C@@H](C)C1CCC2[C@]1(C)CCC1[C@]23C=C[C@]2(C[C@@H](O)CC[C@]12C)OO3)[C@H](C)C(C)C. The quantitative estimate of drug-likeness (QED) is 0.382. The monoisotopic (exact) mass is 442 g/mol. The van der Waals surface area contributed by atoms with E-state index in [0.29, 0.717) is 41.9 Å². The van der Waals surface area contributed by atoms with Crippen molar-refractivity contribution in [1.29, 1.82) is 0 Å². The highest BCUT2D eigenvalue weighted by Crippen LogP contribution is 2.72. The van der Waals surface area contributed by atoms with Crippen LogP contribution in [0.1, 0.15) is 93.4 Å². The van der Waals surface area contributed by atoms with Gasteiger partial charge in [-0.05, 0) is 80.6 Å². The van der Waals surface area contributed by atoms with Gasteiger partial charge in [0.1, 0.15) is 11.2 Å². The van der Waals surface area contributed by atoms with Crippen LogP contribution in [-0.2, 0) is 9.78 Å². The van der Waals surface area contributed by atoms with Crippen LogP contribution in [0, 0.1) is 46.3 Å². The lowest BCUT2D eigenvalue weighted by Crippen LogP contribution is -2.73. The molecule has 3 unspecified atom stereocenters. The zero-order valence-corrected chi connectivity index (χ0v) is 21.5. The van der Waals surface area contributed by atoms with Gasteiger partial charge in [-0.3, -0.25) is 0 Å². The molecule has 1 saturated heterocycles. The maximum atomic E-state index is 10.4. The number of aliphatic hydroxyl groups excluding tert-OH is 1. The Balaban J connectivity index is 1.46. The third-order valence-corrected chi connectivity index (χ3v) is 11.6. The Morgan fingerprint density at radius 2 is 1.72 bits per heavy atom. The topological polar surface area (TPSA) is 38.7 Å². The first kappa shape index (κ1) is 23.1. The largest absolute Gasteiger partial charge is 0.393 e. The summed E-state index contributed by atoms with van der Waals surface area (Å²) in [7, 11) is 0. The molecule has 6 aliphatic rings. The van der Waals surface area contributed by atoms with E-state index in [2.05, 4.69) is 66.7 Å². The van der Waals surface area contributed by atoms with E-state index in [1.54, 1.807) is 5.57 Å². The second-order valence-corrected chi connectivity index (χ2v) is 13.2. The minimum atomic E-state index is -0.442. The summed E-state index contributed by atoms with van der Waals surface area (Å²) in [6.07, 6.45) is 14.6. The van der Waals surface area contributed by atoms with Crippen molar-refractivity contribution < 1.29 is 14.9 Å². The Morgan fingerprint density at radius 3 is 2.38 bits per heavy atom. The summed E-state index contributed by atoms with van der Waals surface area (Å²) in [4.78, 5) is 12.8. The molecule has 0 radical (unpaired) electrons. The summed E-state index contributed by atoms with van der Waals surface area (Å²) >= 11 is 0. The Hall–Kier alpha value is -0.640. The molecule has 4 aliphatic carbocycles. The van der Waals surface area contributed by atoms with Gasteiger partial charge >= 0.3 is 0 Å². The summed E-state index contributed by atoms with van der Waals surface area (Å²) in [6, 6.07) is 0. The van der Waals surface area contributed by atoms with Gasteiger partial charge in [-0.2, -0.15) is 0 Å². The van der Waals surface area contributed by atoms with Gasteiger partial charge in [-0.15, -0.1) is 0 Å².